The van der Waals surface area contributed by atoms with Crippen LogP contribution in [0.4, 0.5) is 0 Å². The van der Waals surface area contributed by atoms with Gasteiger partial charge in [-0.05, 0) is 57.3 Å². The summed E-state index contributed by atoms with van der Waals surface area (Å²) in [5, 5.41) is 17.4. The van der Waals surface area contributed by atoms with Gasteiger partial charge in [-0.15, -0.1) is 0 Å². The molecule has 3 rings (SSSR count). The standard InChI is InChI=1S/C20H30N2O4/c1-19(11-14-26-20(18(19)24)9-12-21-13-10-20)22-17(23)8-7-15-5-3-4-6-16(15)25-2/h3-6,18,21,24H,7-14H2,1-2H3,(H,22,23)/t18-,19+/m0/s1. The van der Waals surface area contributed by atoms with Gasteiger partial charge in [-0.2, -0.15) is 0 Å². The van der Waals surface area contributed by atoms with Gasteiger partial charge in [-0.3, -0.25) is 4.79 Å². The van der Waals surface area contributed by atoms with Crippen LogP contribution in [0.5, 0.6) is 5.75 Å². The van der Waals surface area contributed by atoms with Gasteiger partial charge in [-0.25, -0.2) is 0 Å². The van der Waals surface area contributed by atoms with E-state index in [9.17, 15) is 9.90 Å². The summed E-state index contributed by atoms with van der Waals surface area (Å²) in [5.74, 6) is 0.745. The maximum Gasteiger partial charge on any atom is 0.220 e. The van der Waals surface area contributed by atoms with Gasteiger partial charge in [0.2, 0.25) is 5.91 Å². The monoisotopic (exact) mass is 362 g/mol. The molecular formula is C20H30N2O4. The second kappa shape index (κ2) is 7.94. The maximum atomic E-state index is 12.6. The molecule has 0 radical (unpaired) electrons. The van der Waals surface area contributed by atoms with Crippen LogP contribution in [0.15, 0.2) is 24.3 Å². The minimum atomic E-state index is -0.707. The van der Waals surface area contributed by atoms with E-state index in [-0.39, 0.29) is 5.91 Å². The van der Waals surface area contributed by atoms with Gasteiger partial charge in [0.1, 0.15) is 11.9 Å². The van der Waals surface area contributed by atoms with Gasteiger partial charge < -0.3 is 25.2 Å². The number of aliphatic hydroxyl groups is 1. The number of methoxy groups -OCH3 is 1. The summed E-state index contributed by atoms with van der Waals surface area (Å²) >= 11 is 0. The zero-order valence-corrected chi connectivity index (χ0v) is 15.7. The Morgan fingerprint density at radius 3 is 2.81 bits per heavy atom. The third-order valence-electron chi connectivity index (χ3n) is 5.80. The van der Waals surface area contributed by atoms with Crippen LogP contribution in [0, 0.1) is 0 Å². The summed E-state index contributed by atoms with van der Waals surface area (Å²) in [7, 11) is 1.64. The van der Waals surface area contributed by atoms with Crippen molar-refractivity contribution in [3.63, 3.8) is 0 Å². The molecule has 2 heterocycles. The Morgan fingerprint density at radius 1 is 1.35 bits per heavy atom. The van der Waals surface area contributed by atoms with Gasteiger partial charge in [0.05, 0.1) is 18.2 Å². The van der Waals surface area contributed by atoms with Crippen LogP contribution in [0.1, 0.15) is 38.2 Å². The molecule has 1 spiro atoms. The highest BCUT2D eigenvalue weighted by molar-refractivity contribution is 5.77. The number of para-hydroxylation sites is 1. The Labute approximate surface area is 155 Å². The topological polar surface area (TPSA) is 79.8 Å². The van der Waals surface area contributed by atoms with Crippen molar-refractivity contribution in [2.45, 2.75) is 56.3 Å². The third-order valence-corrected chi connectivity index (χ3v) is 5.80. The van der Waals surface area contributed by atoms with Gasteiger partial charge in [-0.1, -0.05) is 18.2 Å². The molecule has 6 heteroatoms. The van der Waals surface area contributed by atoms with E-state index in [2.05, 4.69) is 10.6 Å². The Kier molecular flexibility index (Phi) is 5.85. The average molecular weight is 362 g/mol. The number of piperidine rings is 1. The molecule has 2 atom stereocenters. The van der Waals surface area contributed by atoms with E-state index in [0.717, 1.165) is 37.2 Å². The molecule has 2 fully saturated rings. The Balaban J connectivity index is 1.62. The quantitative estimate of drug-likeness (QED) is 0.738. The van der Waals surface area contributed by atoms with Gasteiger partial charge in [0.25, 0.3) is 0 Å². The smallest absolute Gasteiger partial charge is 0.220 e. The summed E-state index contributed by atoms with van der Waals surface area (Å²) in [6.45, 7) is 4.15. The van der Waals surface area contributed by atoms with Crippen LogP contribution >= 0.6 is 0 Å². The van der Waals surface area contributed by atoms with E-state index in [1.54, 1.807) is 7.11 Å². The average Bonchev–Trinajstić information content (AvgIpc) is 2.65. The Bertz CT molecular complexity index is 624. The predicted octanol–water partition coefficient (Wildman–Crippen LogP) is 1.41. The number of ether oxygens (including phenoxy) is 2. The summed E-state index contributed by atoms with van der Waals surface area (Å²) < 4.78 is 11.3. The van der Waals surface area contributed by atoms with Crippen LogP contribution in [0.2, 0.25) is 0 Å². The fraction of sp³-hybridized carbons (Fsp3) is 0.650. The Hall–Kier alpha value is -1.63. The van der Waals surface area contributed by atoms with Gasteiger partial charge in [0, 0.05) is 13.0 Å². The molecule has 0 bridgehead atoms. The van der Waals surface area contributed by atoms with E-state index in [1.165, 1.54) is 0 Å². The zero-order chi connectivity index (χ0) is 18.6. The summed E-state index contributed by atoms with van der Waals surface area (Å²) in [5.41, 5.74) is -0.195. The van der Waals surface area contributed by atoms with Crippen LogP contribution in [-0.4, -0.2) is 55.1 Å². The lowest BCUT2D eigenvalue weighted by Crippen LogP contribution is -2.69. The molecule has 0 aromatic heterocycles. The van der Waals surface area contributed by atoms with Crippen molar-refractivity contribution in [1.29, 1.82) is 0 Å². The molecule has 2 aliphatic heterocycles. The number of aryl methyl sites for hydroxylation is 1. The number of nitrogens with one attached hydrogen (secondary N) is 2. The van der Waals surface area contributed by atoms with Crippen molar-refractivity contribution in [3.8, 4) is 5.75 Å². The number of benzene rings is 1. The number of carbonyl (C=O) groups excluding carboxylic acids is 1. The first-order valence-electron chi connectivity index (χ1n) is 9.45. The van der Waals surface area contributed by atoms with Crippen molar-refractivity contribution < 1.29 is 19.4 Å². The van der Waals surface area contributed by atoms with E-state index in [1.807, 2.05) is 31.2 Å². The van der Waals surface area contributed by atoms with E-state index in [0.29, 0.717) is 25.9 Å². The van der Waals surface area contributed by atoms with Gasteiger partial charge in [0.15, 0.2) is 0 Å². The van der Waals surface area contributed by atoms with Gasteiger partial charge >= 0.3 is 0 Å². The highest BCUT2D eigenvalue weighted by Crippen LogP contribution is 2.38. The first-order valence-corrected chi connectivity index (χ1v) is 9.45. The highest BCUT2D eigenvalue weighted by atomic mass is 16.5. The molecule has 1 aromatic rings. The van der Waals surface area contributed by atoms with Crippen LogP contribution in [0.3, 0.4) is 0 Å². The van der Waals surface area contributed by atoms with E-state index >= 15 is 0 Å². The molecule has 2 saturated heterocycles. The summed E-state index contributed by atoms with van der Waals surface area (Å²) in [6.07, 6.45) is 2.40. The fourth-order valence-electron chi connectivity index (χ4n) is 4.20. The molecule has 0 aliphatic carbocycles. The number of hydrogen-bond acceptors (Lipinski definition) is 5. The molecule has 2 aliphatic rings. The lowest BCUT2D eigenvalue weighted by atomic mass is 9.73. The number of amides is 1. The first-order chi connectivity index (χ1) is 12.5. The number of hydrogen-bond donors (Lipinski definition) is 3. The molecule has 26 heavy (non-hydrogen) atoms. The Morgan fingerprint density at radius 2 is 2.08 bits per heavy atom. The van der Waals surface area contributed by atoms with Crippen molar-refractivity contribution in [2.75, 3.05) is 26.8 Å². The normalized spacial score (nSPS) is 27.9. The first kappa shape index (κ1) is 19.1. The van der Waals surface area contributed by atoms with Crippen molar-refractivity contribution in [2.24, 2.45) is 0 Å². The highest BCUT2D eigenvalue weighted by Gasteiger charge is 2.52. The molecule has 1 aromatic carbocycles. The molecule has 6 nitrogen and oxygen atoms in total. The van der Waals surface area contributed by atoms with E-state index in [4.69, 9.17) is 9.47 Å². The second-order valence-electron chi connectivity index (χ2n) is 7.59. The third kappa shape index (κ3) is 3.87. The lowest BCUT2D eigenvalue weighted by Gasteiger charge is -2.52. The largest absolute Gasteiger partial charge is 0.496 e. The number of rotatable bonds is 5. The van der Waals surface area contributed by atoms with Crippen molar-refractivity contribution in [3.05, 3.63) is 29.8 Å². The van der Waals surface area contributed by atoms with Crippen LogP contribution in [-0.2, 0) is 16.0 Å². The summed E-state index contributed by atoms with van der Waals surface area (Å²) in [6, 6.07) is 7.74. The molecular weight excluding hydrogens is 332 g/mol. The number of carbonyl (C=O) groups is 1. The zero-order valence-electron chi connectivity index (χ0n) is 15.7. The molecule has 0 saturated carbocycles. The molecule has 1 amide bonds. The summed E-state index contributed by atoms with van der Waals surface area (Å²) in [4.78, 5) is 12.6. The fourth-order valence-corrected chi connectivity index (χ4v) is 4.20. The minimum Gasteiger partial charge on any atom is -0.496 e. The predicted molar refractivity (Wildman–Crippen MR) is 99.3 cm³/mol. The second-order valence-corrected chi connectivity index (χ2v) is 7.59. The SMILES string of the molecule is COc1ccccc1CCC(=O)N[C@]1(C)CCOC2(CCNCC2)[C@H]1O. The van der Waals surface area contributed by atoms with Crippen molar-refractivity contribution >= 4 is 5.91 Å². The molecule has 144 valence electrons. The molecule has 3 N–H and O–H groups in total. The van der Waals surface area contributed by atoms with Crippen LogP contribution < -0.4 is 15.4 Å². The molecule has 0 unspecified atom stereocenters. The van der Waals surface area contributed by atoms with Crippen LogP contribution in [0.25, 0.3) is 0 Å². The van der Waals surface area contributed by atoms with Crippen molar-refractivity contribution in [1.82, 2.24) is 10.6 Å². The lowest BCUT2D eigenvalue weighted by molar-refractivity contribution is -0.200. The minimum absolute atomic E-state index is 0.0524. The van der Waals surface area contributed by atoms with E-state index < -0.39 is 17.2 Å². The number of aliphatic hydroxyl groups excluding tert-OH is 1. The maximum absolute atomic E-state index is 12.6.